The molecule has 0 atom stereocenters. The van der Waals surface area contributed by atoms with Crippen LogP contribution in [0.3, 0.4) is 0 Å². The molecular weight excluding hydrogens is 262 g/mol. The fraction of sp³-hybridized carbons (Fsp3) is 0.231. The van der Waals surface area contributed by atoms with Gasteiger partial charge >= 0.3 is 5.82 Å². The van der Waals surface area contributed by atoms with Gasteiger partial charge in [0.2, 0.25) is 0 Å². The summed E-state index contributed by atoms with van der Waals surface area (Å²) >= 11 is 5.27. The van der Waals surface area contributed by atoms with Crippen molar-refractivity contribution in [2.45, 2.75) is 12.8 Å². The Morgan fingerprint density at radius 1 is 1.53 bits per heavy atom. The van der Waals surface area contributed by atoms with Gasteiger partial charge in [0.25, 0.3) is 0 Å². The third-order valence-corrected chi connectivity index (χ3v) is 3.18. The van der Waals surface area contributed by atoms with E-state index in [-0.39, 0.29) is 5.82 Å². The predicted molar refractivity (Wildman–Crippen MR) is 78.4 cm³/mol. The molecule has 0 fully saturated rings. The number of nitro groups is 1. The molecule has 2 rings (SSSR count). The van der Waals surface area contributed by atoms with Crippen LogP contribution in [0, 0.1) is 10.1 Å². The van der Waals surface area contributed by atoms with Crippen LogP contribution in [0.2, 0.25) is 0 Å². The van der Waals surface area contributed by atoms with Crippen molar-refractivity contribution < 1.29 is 4.92 Å². The van der Waals surface area contributed by atoms with Gasteiger partial charge in [0, 0.05) is 29.6 Å². The van der Waals surface area contributed by atoms with Gasteiger partial charge in [-0.15, -0.1) is 0 Å². The molecule has 6 heteroatoms. The molecule has 0 radical (unpaired) electrons. The van der Waals surface area contributed by atoms with Crippen LogP contribution in [-0.4, -0.2) is 21.3 Å². The molecule has 1 aromatic heterocycles. The highest BCUT2D eigenvalue weighted by Crippen LogP contribution is 2.16. The topological polar surface area (TPSA) is 68.1 Å². The van der Waals surface area contributed by atoms with Gasteiger partial charge in [-0.3, -0.25) is 0 Å². The quantitative estimate of drug-likeness (QED) is 0.508. The van der Waals surface area contributed by atoms with Crippen LogP contribution < -0.4 is 5.32 Å². The van der Waals surface area contributed by atoms with Crippen molar-refractivity contribution in [3.05, 3.63) is 52.2 Å². The Bertz CT molecular complexity index is 567. The van der Waals surface area contributed by atoms with Crippen molar-refractivity contribution in [1.82, 2.24) is 4.98 Å². The van der Waals surface area contributed by atoms with Gasteiger partial charge in [0.15, 0.2) is 0 Å². The van der Waals surface area contributed by atoms with Gasteiger partial charge in [-0.25, -0.2) is 0 Å². The van der Waals surface area contributed by atoms with Gasteiger partial charge in [-0.2, -0.15) is 0 Å². The Kier molecular flexibility index (Phi) is 4.35. The molecule has 1 N–H and O–H groups in total. The lowest BCUT2D eigenvalue weighted by molar-refractivity contribution is -0.389. The number of aromatic nitrogens is 1. The minimum Gasteiger partial charge on any atom is -0.384 e. The van der Waals surface area contributed by atoms with Gasteiger partial charge in [0.1, 0.15) is 6.20 Å². The van der Waals surface area contributed by atoms with Crippen LogP contribution in [-0.2, 0) is 0 Å². The smallest absolute Gasteiger partial charge is 0.365 e. The highest BCUT2D eigenvalue weighted by molar-refractivity contribution is 7.80. The minimum absolute atomic E-state index is 0.152. The number of nitrogens with one attached hydrogen (secondary N) is 1. The molecule has 5 nitrogen and oxygen atoms in total. The fourth-order valence-corrected chi connectivity index (χ4v) is 2.04. The second-order valence-corrected chi connectivity index (χ2v) is 4.58. The highest BCUT2D eigenvalue weighted by Gasteiger charge is 2.08. The number of hydrogen-bond acceptors (Lipinski definition) is 5. The zero-order valence-electron chi connectivity index (χ0n) is 10.2. The summed E-state index contributed by atoms with van der Waals surface area (Å²) in [5.41, 5.74) is 1.84. The van der Waals surface area contributed by atoms with Crippen molar-refractivity contribution in [3.8, 4) is 0 Å². The van der Waals surface area contributed by atoms with Crippen molar-refractivity contribution >= 4 is 28.6 Å². The molecule has 0 spiro atoms. The first-order chi connectivity index (χ1) is 9.16. The van der Waals surface area contributed by atoms with E-state index in [2.05, 4.69) is 10.3 Å². The van der Waals surface area contributed by atoms with E-state index in [1.54, 1.807) is 6.07 Å². The third kappa shape index (κ3) is 3.69. The lowest BCUT2D eigenvalue weighted by Gasteiger charge is -2.11. The Morgan fingerprint density at radius 3 is 3.11 bits per heavy atom. The fourth-order valence-electron chi connectivity index (χ4n) is 1.78. The molecule has 0 aromatic carbocycles. The van der Waals surface area contributed by atoms with Crippen LogP contribution in [0.15, 0.2) is 42.1 Å². The second kappa shape index (κ2) is 6.19. The van der Waals surface area contributed by atoms with Gasteiger partial charge in [-0.05, 0) is 21.9 Å². The Labute approximate surface area is 116 Å². The van der Waals surface area contributed by atoms with E-state index in [0.717, 1.165) is 23.3 Å². The van der Waals surface area contributed by atoms with Crippen LogP contribution in [0.5, 0.6) is 0 Å². The molecule has 0 saturated carbocycles. The van der Waals surface area contributed by atoms with Gasteiger partial charge in [0.05, 0.1) is 6.07 Å². The normalized spacial score (nSPS) is 14.1. The lowest BCUT2D eigenvalue weighted by Crippen LogP contribution is -2.08. The molecule has 0 saturated heterocycles. The standard InChI is InChI=1S/C13H13N3O2S/c17-16(18)13-9-11(6-8-15-13)14-7-5-10-3-1-2-4-12(10)19/h1-3,6,8-9H,4-5,7H2,(H,14,15). The van der Waals surface area contributed by atoms with Crippen LogP contribution in [0.1, 0.15) is 12.8 Å². The maximum absolute atomic E-state index is 10.6. The zero-order valence-corrected chi connectivity index (χ0v) is 11.0. The summed E-state index contributed by atoms with van der Waals surface area (Å²) in [5, 5.41) is 13.7. The number of nitrogens with zero attached hydrogens (tertiary/aromatic N) is 2. The summed E-state index contributed by atoms with van der Waals surface area (Å²) in [5.74, 6) is -0.152. The summed E-state index contributed by atoms with van der Waals surface area (Å²) in [4.78, 5) is 14.7. The largest absolute Gasteiger partial charge is 0.384 e. The molecule has 1 aliphatic carbocycles. The van der Waals surface area contributed by atoms with Crippen molar-refractivity contribution in [3.63, 3.8) is 0 Å². The molecule has 0 aliphatic heterocycles. The maximum atomic E-state index is 10.6. The number of anilines is 1. The van der Waals surface area contributed by atoms with E-state index in [1.165, 1.54) is 12.3 Å². The number of pyridine rings is 1. The first-order valence-corrected chi connectivity index (χ1v) is 6.31. The Morgan fingerprint density at radius 2 is 2.37 bits per heavy atom. The number of thiocarbonyl (C=S) groups is 1. The molecule has 1 aromatic rings. The second-order valence-electron chi connectivity index (χ2n) is 4.08. The zero-order chi connectivity index (χ0) is 13.7. The Balaban J connectivity index is 1.91. The van der Waals surface area contributed by atoms with Crippen molar-refractivity contribution in [2.75, 3.05) is 11.9 Å². The number of hydrogen-bond donors (Lipinski definition) is 1. The van der Waals surface area contributed by atoms with Crippen LogP contribution >= 0.6 is 12.2 Å². The molecule has 0 bridgehead atoms. The van der Waals surface area contributed by atoms with E-state index in [9.17, 15) is 10.1 Å². The van der Waals surface area contributed by atoms with Crippen LogP contribution in [0.4, 0.5) is 11.5 Å². The molecule has 0 unspecified atom stereocenters. The van der Waals surface area contributed by atoms with E-state index in [4.69, 9.17) is 12.2 Å². The van der Waals surface area contributed by atoms with E-state index >= 15 is 0 Å². The van der Waals surface area contributed by atoms with E-state index < -0.39 is 4.92 Å². The Hall–Kier alpha value is -2.08. The van der Waals surface area contributed by atoms with Crippen molar-refractivity contribution in [1.29, 1.82) is 0 Å². The molecular formula is C13H13N3O2S. The first-order valence-electron chi connectivity index (χ1n) is 5.90. The minimum atomic E-state index is -0.505. The summed E-state index contributed by atoms with van der Waals surface area (Å²) < 4.78 is 0. The monoisotopic (exact) mass is 275 g/mol. The van der Waals surface area contributed by atoms with E-state index in [1.807, 2.05) is 18.2 Å². The third-order valence-electron chi connectivity index (χ3n) is 2.75. The molecule has 1 aliphatic rings. The summed E-state index contributed by atoms with van der Waals surface area (Å²) in [6.07, 6.45) is 9.10. The van der Waals surface area contributed by atoms with Crippen molar-refractivity contribution in [2.24, 2.45) is 0 Å². The average Bonchev–Trinajstić information content (AvgIpc) is 2.41. The number of rotatable bonds is 5. The highest BCUT2D eigenvalue weighted by atomic mass is 32.1. The van der Waals surface area contributed by atoms with Crippen LogP contribution in [0.25, 0.3) is 0 Å². The first kappa shape index (κ1) is 13.4. The van der Waals surface area contributed by atoms with Gasteiger partial charge in [-0.1, -0.05) is 30.4 Å². The molecule has 19 heavy (non-hydrogen) atoms. The number of allylic oxidation sites excluding steroid dienone is 3. The van der Waals surface area contributed by atoms with Gasteiger partial charge < -0.3 is 15.4 Å². The molecule has 1 heterocycles. The summed E-state index contributed by atoms with van der Waals surface area (Å²) in [6, 6.07) is 3.13. The predicted octanol–water partition coefficient (Wildman–Crippen LogP) is 3.05. The SMILES string of the molecule is O=[N+]([O-])c1cc(NCCC2=CC=CCC2=S)ccn1. The molecule has 0 amide bonds. The lowest BCUT2D eigenvalue weighted by atomic mass is 10.0. The van der Waals surface area contributed by atoms with E-state index in [0.29, 0.717) is 12.2 Å². The molecule has 98 valence electrons. The average molecular weight is 275 g/mol. The summed E-state index contributed by atoms with van der Waals surface area (Å²) in [6.45, 7) is 0.682. The maximum Gasteiger partial charge on any atom is 0.365 e. The summed E-state index contributed by atoms with van der Waals surface area (Å²) in [7, 11) is 0.